The maximum absolute atomic E-state index is 13.8. The lowest BCUT2D eigenvalue weighted by molar-refractivity contribution is -0.134. The molecule has 232 valence electrons. The van der Waals surface area contributed by atoms with Gasteiger partial charge in [-0.15, -0.1) is 0 Å². The molecule has 13 heteroatoms. The van der Waals surface area contributed by atoms with Crippen molar-refractivity contribution < 1.29 is 19.2 Å². The van der Waals surface area contributed by atoms with Gasteiger partial charge in [0, 0.05) is 18.9 Å². The molecule has 0 aliphatic heterocycles. The minimum absolute atomic E-state index is 0.0897. The molecule has 1 saturated carbocycles. The van der Waals surface area contributed by atoms with Crippen LogP contribution in [0.5, 0.6) is 0 Å². The smallest absolute Gasteiger partial charge is 0.246 e. The molecule has 4 amide bonds. The molecule has 2 aromatic rings. The Balaban J connectivity index is 1.75. The summed E-state index contributed by atoms with van der Waals surface area (Å²) in [6.07, 6.45) is 3.36. The van der Waals surface area contributed by atoms with Crippen molar-refractivity contribution >= 4 is 41.4 Å². The van der Waals surface area contributed by atoms with E-state index in [-0.39, 0.29) is 31.3 Å². The van der Waals surface area contributed by atoms with Crippen LogP contribution < -0.4 is 38.9 Å². The summed E-state index contributed by atoms with van der Waals surface area (Å²) in [4.78, 5) is 56.6. The molecule has 1 fully saturated rings. The number of amides is 4. The van der Waals surface area contributed by atoms with Gasteiger partial charge in [0.25, 0.3) is 0 Å². The SMILES string of the molecule is CSC[C@H]1C[C@]1(NC(=O)[C@@H](N)Cc1ccccc1)C(=O)N[C@@H](CCCN=C(N)N)C(=O)N[C@@H](Cc1ccccc1)C(N)=O. The van der Waals surface area contributed by atoms with E-state index in [1.165, 1.54) is 0 Å². The molecule has 0 spiro atoms. The number of hydrogen-bond donors (Lipinski definition) is 7. The number of nitrogens with two attached hydrogens (primary N) is 4. The number of guanidine groups is 1. The van der Waals surface area contributed by atoms with Gasteiger partial charge in [-0.2, -0.15) is 11.8 Å². The lowest BCUT2D eigenvalue weighted by Crippen LogP contribution is -2.59. The van der Waals surface area contributed by atoms with Crippen LogP contribution in [-0.4, -0.2) is 71.8 Å². The molecule has 3 rings (SSSR count). The Bertz CT molecular complexity index is 1280. The highest BCUT2D eigenvalue weighted by atomic mass is 32.2. The summed E-state index contributed by atoms with van der Waals surface area (Å²) < 4.78 is 0. The zero-order valence-electron chi connectivity index (χ0n) is 24.3. The van der Waals surface area contributed by atoms with Gasteiger partial charge in [0.1, 0.15) is 17.6 Å². The average molecular weight is 611 g/mol. The minimum atomic E-state index is -1.21. The molecule has 1 aliphatic rings. The third-order valence-corrected chi connectivity index (χ3v) is 8.11. The topological polar surface area (TPSA) is 221 Å². The number of carbonyl (C=O) groups excluding carboxylic acids is 4. The van der Waals surface area contributed by atoms with Crippen LogP contribution in [0.1, 0.15) is 30.4 Å². The van der Waals surface area contributed by atoms with Gasteiger partial charge in [-0.05, 0) is 48.8 Å². The summed E-state index contributed by atoms with van der Waals surface area (Å²) in [5.41, 5.74) is 23.2. The van der Waals surface area contributed by atoms with E-state index in [0.29, 0.717) is 25.0 Å². The van der Waals surface area contributed by atoms with E-state index in [9.17, 15) is 19.2 Å². The van der Waals surface area contributed by atoms with E-state index in [2.05, 4.69) is 20.9 Å². The summed E-state index contributed by atoms with van der Waals surface area (Å²) in [5, 5.41) is 8.40. The summed E-state index contributed by atoms with van der Waals surface area (Å²) in [6, 6.07) is 15.6. The van der Waals surface area contributed by atoms with Crippen LogP contribution in [0.25, 0.3) is 0 Å². The molecular formula is C30H42N8O4S. The van der Waals surface area contributed by atoms with Crippen LogP contribution in [-0.2, 0) is 32.0 Å². The lowest BCUT2D eigenvalue weighted by atomic mass is 10.0. The van der Waals surface area contributed by atoms with Gasteiger partial charge in [-0.3, -0.25) is 24.2 Å². The van der Waals surface area contributed by atoms with Crippen LogP contribution in [0.2, 0.25) is 0 Å². The van der Waals surface area contributed by atoms with Crippen molar-refractivity contribution in [1.29, 1.82) is 0 Å². The highest BCUT2D eigenvalue weighted by Gasteiger charge is 2.61. The Morgan fingerprint density at radius 2 is 1.51 bits per heavy atom. The van der Waals surface area contributed by atoms with E-state index in [1.807, 2.05) is 66.9 Å². The minimum Gasteiger partial charge on any atom is -0.370 e. The predicted molar refractivity (Wildman–Crippen MR) is 169 cm³/mol. The van der Waals surface area contributed by atoms with Gasteiger partial charge in [-0.1, -0.05) is 60.7 Å². The second-order valence-corrected chi connectivity index (χ2v) is 11.7. The van der Waals surface area contributed by atoms with Crippen molar-refractivity contribution in [2.75, 3.05) is 18.6 Å². The van der Waals surface area contributed by atoms with E-state index < -0.39 is 47.3 Å². The Labute approximate surface area is 256 Å². The predicted octanol–water partition coefficient (Wildman–Crippen LogP) is -0.454. The largest absolute Gasteiger partial charge is 0.370 e. The van der Waals surface area contributed by atoms with Crippen molar-refractivity contribution in [2.24, 2.45) is 33.8 Å². The van der Waals surface area contributed by atoms with Crippen molar-refractivity contribution in [3.63, 3.8) is 0 Å². The number of nitrogens with one attached hydrogen (secondary N) is 3. The van der Waals surface area contributed by atoms with Gasteiger partial charge in [0.15, 0.2) is 5.96 Å². The zero-order chi connectivity index (χ0) is 31.4. The average Bonchev–Trinajstić information content (AvgIpc) is 3.67. The van der Waals surface area contributed by atoms with Crippen molar-refractivity contribution in [3.8, 4) is 0 Å². The highest BCUT2D eigenvalue weighted by molar-refractivity contribution is 7.98. The molecule has 2 aromatic carbocycles. The number of primary amides is 1. The maximum Gasteiger partial charge on any atom is 0.246 e. The van der Waals surface area contributed by atoms with Gasteiger partial charge in [0.2, 0.25) is 23.6 Å². The third-order valence-electron chi connectivity index (χ3n) is 7.37. The fourth-order valence-corrected chi connectivity index (χ4v) is 5.70. The second-order valence-electron chi connectivity index (χ2n) is 10.7. The van der Waals surface area contributed by atoms with Gasteiger partial charge < -0.3 is 38.9 Å². The van der Waals surface area contributed by atoms with Crippen LogP contribution in [0.15, 0.2) is 65.7 Å². The molecule has 1 aliphatic carbocycles. The highest BCUT2D eigenvalue weighted by Crippen LogP contribution is 2.45. The first kappa shape index (κ1) is 33.4. The summed E-state index contributed by atoms with van der Waals surface area (Å²) in [5.74, 6) is -1.84. The number of nitrogens with zero attached hydrogens (tertiary/aromatic N) is 1. The summed E-state index contributed by atoms with van der Waals surface area (Å²) in [6.45, 7) is 0.233. The number of hydrogen-bond acceptors (Lipinski definition) is 7. The van der Waals surface area contributed by atoms with Gasteiger partial charge in [0.05, 0.1) is 6.04 Å². The lowest BCUT2D eigenvalue weighted by Gasteiger charge is -2.26. The van der Waals surface area contributed by atoms with Crippen molar-refractivity contribution in [1.82, 2.24) is 16.0 Å². The van der Waals surface area contributed by atoms with E-state index in [4.69, 9.17) is 22.9 Å². The molecule has 5 atom stereocenters. The molecule has 0 saturated heterocycles. The summed E-state index contributed by atoms with van der Waals surface area (Å²) >= 11 is 1.56. The third kappa shape index (κ3) is 10.00. The molecule has 0 unspecified atom stereocenters. The first-order valence-corrected chi connectivity index (χ1v) is 15.6. The Hall–Kier alpha value is -4.10. The fourth-order valence-electron chi connectivity index (χ4n) is 4.90. The standard InChI is InChI=1S/C30H42N8O4S/c1-43-18-21-17-30(21,38-26(40)22(31)15-19-9-4-2-5-10-19)28(42)37-23(13-8-14-35-29(33)34)27(41)36-24(25(32)39)16-20-11-6-3-7-12-20/h2-7,9-12,21-24H,8,13-18,31H2,1H3,(H2,32,39)(H,36,41)(H,37,42)(H,38,40)(H4,33,34,35)/t21-,22+,23+,24+,30-/m1/s1. The zero-order valence-corrected chi connectivity index (χ0v) is 25.1. The Kier molecular flexibility index (Phi) is 12.4. The first-order valence-electron chi connectivity index (χ1n) is 14.2. The van der Waals surface area contributed by atoms with Crippen LogP contribution >= 0.6 is 11.8 Å². The molecule has 11 N–H and O–H groups in total. The van der Waals surface area contributed by atoms with Gasteiger partial charge >= 0.3 is 0 Å². The Morgan fingerprint density at radius 1 is 0.907 bits per heavy atom. The number of aliphatic imine (C=N–C) groups is 1. The number of thioether (sulfide) groups is 1. The second kappa shape index (κ2) is 15.9. The Morgan fingerprint density at radius 3 is 2.07 bits per heavy atom. The van der Waals surface area contributed by atoms with Crippen LogP contribution in [0.4, 0.5) is 0 Å². The van der Waals surface area contributed by atoms with Crippen LogP contribution in [0, 0.1) is 5.92 Å². The van der Waals surface area contributed by atoms with E-state index in [0.717, 1.165) is 11.1 Å². The molecule has 0 heterocycles. The van der Waals surface area contributed by atoms with Crippen LogP contribution in [0.3, 0.4) is 0 Å². The molecular weight excluding hydrogens is 568 g/mol. The molecule has 43 heavy (non-hydrogen) atoms. The normalized spacial score (nSPS) is 19.3. The molecule has 12 nitrogen and oxygen atoms in total. The van der Waals surface area contributed by atoms with E-state index >= 15 is 0 Å². The quantitative estimate of drug-likeness (QED) is 0.0704. The summed E-state index contributed by atoms with van der Waals surface area (Å²) in [7, 11) is 0. The van der Waals surface area contributed by atoms with Crippen molar-refractivity contribution in [2.45, 2.75) is 55.8 Å². The molecule has 0 aromatic heterocycles. The number of rotatable bonds is 17. The maximum atomic E-state index is 13.8. The van der Waals surface area contributed by atoms with Crippen molar-refractivity contribution in [3.05, 3.63) is 71.8 Å². The molecule has 0 bridgehead atoms. The number of carbonyl (C=O) groups is 4. The number of benzene rings is 2. The van der Waals surface area contributed by atoms with E-state index in [1.54, 1.807) is 11.8 Å². The molecule has 0 radical (unpaired) electrons. The first-order chi connectivity index (χ1) is 20.6. The van der Waals surface area contributed by atoms with Gasteiger partial charge in [-0.25, -0.2) is 0 Å². The monoisotopic (exact) mass is 610 g/mol. The fraction of sp³-hybridized carbons (Fsp3) is 0.433.